The van der Waals surface area contributed by atoms with E-state index in [-0.39, 0.29) is 30.9 Å². The summed E-state index contributed by atoms with van der Waals surface area (Å²) < 4.78 is 9.77. The zero-order chi connectivity index (χ0) is 15.2. The van der Waals surface area contributed by atoms with E-state index in [1.807, 2.05) is 0 Å². The lowest BCUT2D eigenvalue weighted by Crippen LogP contribution is -2.43. The van der Waals surface area contributed by atoms with Crippen molar-refractivity contribution < 1.29 is 23.8 Å². The van der Waals surface area contributed by atoms with Crippen molar-refractivity contribution >= 4 is 11.9 Å². The van der Waals surface area contributed by atoms with Crippen molar-refractivity contribution in [3.63, 3.8) is 0 Å². The van der Waals surface area contributed by atoms with Crippen LogP contribution >= 0.6 is 0 Å². The van der Waals surface area contributed by atoms with Crippen molar-refractivity contribution in [3.8, 4) is 0 Å². The van der Waals surface area contributed by atoms with Crippen LogP contribution in [-0.4, -0.2) is 36.7 Å². The molecular formula is C15H21NO5. The third-order valence-electron chi connectivity index (χ3n) is 3.98. The molecule has 1 fully saturated rings. The number of esters is 1. The molecule has 21 heavy (non-hydrogen) atoms. The van der Waals surface area contributed by atoms with Gasteiger partial charge in [-0.1, -0.05) is 12.8 Å². The fraction of sp³-hybridized carbons (Fsp3) is 0.600. The van der Waals surface area contributed by atoms with Crippen LogP contribution in [0.5, 0.6) is 0 Å². The zero-order valence-electron chi connectivity index (χ0n) is 12.1. The van der Waals surface area contributed by atoms with Gasteiger partial charge in [-0.2, -0.15) is 0 Å². The van der Waals surface area contributed by atoms with Gasteiger partial charge in [0, 0.05) is 18.6 Å². The summed E-state index contributed by atoms with van der Waals surface area (Å²) in [6.07, 6.45) is 5.22. The number of methoxy groups -OCH3 is 1. The topological polar surface area (TPSA) is 88.8 Å². The predicted molar refractivity (Wildman–Crippen MR) is 74.7 cm³/mol. The molecule has 1 aliphatic rings. The number of carbonyl (C=O) groups is 2. The van der Waals surface area contributed by atoms with Crippen LogP contribution in [0.1, 0.15) is 41.8 Å². The summed E-state index contributed by atoms with van der Waals surface area (Å²) in [5.74, 6) is -0.327. The van der Waals surface area contributed by atoms with E-state index in [1.54, 1.807) is 6.07 Å². The average molecular weight is 295 g/mol. The molecule has 6 nitrogen and oxygen atoms in total. The molecule has 0 saturated heterocycles. The van der Waals surface area contributed by atoms with Crippen molar-refractivity contribution in [1.29, 1.82) is 0 Å². The number of aliphatic hydroxyl groups is 1. The van der Waals surface area contributed by atoms with E-state index in [2.05, 4.69) is 10.1 Å². The fourth-order valence-electron chi connectivity index (χ4n) is 2.75. The number of carbonyl (C=O) groups excluding carboxylic acids is 2. The average Bonchev–Trinajstić information content (AvgIpc) is 2.95. The van der Waals surface area contributed by atoms with Crippen LogP contribution in [0.3, 0.4) is 0 Å². The molecule has 116 valence electrons. The van der Waals surface area contributed by atoms with Crippen molar-refractivity contribution in [3.05, 3.63) is 23.7 Å². The highest BCUT2D eigenvalue weighted by Gasteiger charge is 2.27. The zero-order valence-corrected chi connectivity index (χ0v) is 12.1. The first-order chi connectivity index (χ1) is 10.2. The Morgan fingerprint density at radius 1 is 1.43 bits per heavy atom. The SMILES string of the molecule is COC(=O)Cc1occc1C(=O)N[C@@H]1CCCC[C@@H]1CO. The molecule has 2 rings (SSSR count). The van der Waals surface area contributed by atoms with E-state index in [1.165, 1.54) is 13.4 Å². The van der Waals surface area contributed by atoms with Gasteiger partial charge >= 0.3 is 5.97 Å². The van der Waals surface area contributed by atoms with Crippen LogP contribution < -0.4 is 5.32 Å². The van der Waals surface area contributed by atoms with E-state index in [0.29, 0.717) is 11.3 Å². The largest absolute Gasteiger partial charge is 0.469 e. The minimum absolute atomic E-state index is 0.0304. The molecule has 1 aromatic heterocycles. The van der Waals surface area contributed by atoms with Gasteiger partial charge in [0.05, 0.1) is 18.9 Å². The Morgan fingerprint density at radius 3 is 2.90 bits per heavy atom. The Labute approximate surface area is 123 Å². The molecule has 2 atom stereocenters. The molecule has 0 aliphatic heterocycles. The van der Waals surface area contributed by atoms with Gasteiger partial charge in [-0.3, -0.25) is 9.59 Å². The minimum Gasteiger partial charge on any atom is -0.469 e. The van der Waals surface area contributed by atoms with E-state index < -0.39 is 5.97 Å². The molecule has 6 heteroatoms. The van der Waals surface area contributed by atoms with Gasteiger partial charge in [0.2, 0.25) is 0 Å². The Kier molecular flexibility index (Phi) is 5.38. The number of ether oxygens (including phenoxy) is 1. The smallest absolute Gasteiger partial charge is 0.313 e. The Morgan fingerprint density at radius 2 is 2.19 bits per heavy atom. The van der Waals surface area contributed by atoms with Crippen molar-refractivity contribution in [2.24, 2.45) is 5.92 Å². The molecule has 0 spiro atoms. The van der Waals surface area contributed by atoms with Gasteiger partial charge in [-0.05, 0) is 18.9 Å². The molecule has 1 amide bonds. The Hall–Kier alpha value is -1.82. The van der Waals surface area contributed by atoms with Gasteiger partial charge < -0.3 is 19.6 Å². The summed E-state index contributed by atoms with van der Waals surface area (Å²) in [7, 11) is 1.29. The van der Waals surface area contributed by atoms with Gasteiger partial charge in [-0.25, -0.2) is 0 Å². The maximum absolute atomic E-state index is 12.3. The molecular weight excluding hydrogens is 274 g/mol. The number of hydrogen-bond donors (Lipinski definition) is 2. The highest BCUT2D eigenvalue weighted by Crippen LogP contribution is 2.24. The van der Waals surface area contributed by atoms with Crippen LogP contribution in [0.4, 0.5) is 0 Å². The fourth-order valence-corrected chi connectivity index (χ4v) is 2.75. The summed E-state index contributed by atoms with van der Waals surface area (Å²) in [4.78, 5) is 23.6. The molecule has 2 N–H and O–H groups in total. The van der Waals surface area contributed by atoms with Crippen LogP contribution in [-0.2, 0) is 16.0 Å². The monoisotopic (exact) mass is 295 g/mol. The van der Waals surface area contributed by atoms with Gasteiger partial charge in [0.15, 0.2) is 0 Å². The predicted octanol–water partition coefficient (Wildman–Crippen LogP) is 1.28. The lowest BCUT2D eigenvalue weighted by molar-refractivity contribution is -0.140. The Balaban J connectivity index is 2.03. The van der Waals surface area contributed by atoms with E-state index in [9.17, 15) is 14.7 Å². The summed E-state index contributed by atoms with van der Waals surface area (Å²) in [5.41, 5.74) is 0.350. The van der Waals surface area contributed by atoms with Crippen LogP contribution in [0, 0.1) is 5.92 Å². The molecule has 0 bridgehead atoms. The van der Waals surface area contributed by atoms with Crippen molar-refractivity contribution in [2.45, 2.75) is 38.1 Å². The highest BCUT2D eigenvalue weighted by atomic mass is 16.5. The normalized spacial score (nSPS) is 21.8. The number of aliphatic hydroxyl groups excluding tert-OH is 1. The summed E-state index contributed by atoms with van der Waals surface area (Å²) >= 11 is 0. The number of nitrogens with one attached hydrogen (secondary N) is 1. The molecule has 1 aromatic rings. The first kappa shape index (κ1) is 15.6. The van der Waals surface area contributed by atoms with Crippen LogP contribution in [0.15, 0.2) is 16.7 Å². The molecule has 0 unspecified atom stereocenters. The molecule has 0 radical (unpaired) electrons. The van der Waals surface area contributed by atoms with Crippen molar-refractivity contribution in [1.82, 2.24) is 5.32 Å². The molecule has 1 saturated carbocycles. The Bertz CT molecular complexity index is 496. The third-order valence-corrected chi connectivity index (χ3v) is 3.98. The van der Waals surface area contributed by atoms with Gasteiger partial charge in [0.1, 0.15) is 12.2 Å². The second-order valence-corrected chi connectivity index (χ2v) is 5.32. The standard InChI is InChI=1S/C15H21NO5/c1-20-14(18)8-13-11(6-7-21-13)15(19)16-12-5-3-2-4-10(12)9-17/h6-7,10,12,17H,2-5,8-9H2,1H3,(H,16,19)/t10-,12-/m1/s1. The van der Waals surface area contributed by atoms with Crippen molar-refractivity contribution in [2.75, 3.05) is 13.7 Å². The lowest BCUT2D eigenvalue weighted by atomic mass is 9.85. The highest BCUT2D eigenvalue weighted by molar-refractivity contribution is 5.96. The van der Waals surface area contributed by atoms with E-state index in [4.69, 9.17) is 4.42 Å². The van der Waals surface area contributed by atoms with Crippen LogP contribution in [0.25, 0.3) is 0 Å². The molecule has 1 heterocycles. The van der Waals surface area contributed by atoms with Crippen LogP contribution in [0.2, 0.25) is 0 Å². The maximum atomic E-state index is 12.3. The molecule has 0 aromatic carbocycles. The lowest BCUT2D eigenvalue weighted by Gasteiger charge is -2.30. The van der Waals surface area contributed by atoms with E-state index >= 15 is 0 Å². The number of amides is 1. The first-order valence-electron chi connectivity index (χ1n) is 7.20. The molecule has 1 aliphatic carbocycles. The quantitative estimate of drug-likeness (QED) is 0.799. The second kappa shape index (κ2) is 7.26. The second-order valence-electron chi connectivity index (χ2n) is 5.32. The maximum Gasteiger partial charge on any atom is 0.313 e. The van der Waals surface area contributed by atoms with Gasteiger partial charge in [-0.15, -0.1) is 0 Å². The minimum atomic E-state index is -0.454. The summed E-state index contributed by atoms with van der Waals surface area (Å²) in [5, 5.41) is 12.3. The number of furan rings is 1. The summed E-state index contributed by atoms with van der Waals surface area (Å²) in [6.45, 7) is 0.0748. The van der Waals surface area contributed by atoms with E-state index in [0.717, 1.165) is 25.7 Å². The number of hydrogen-bond acceptors (Lipinski definition) is 5. The first-order valence-corrected chi connectivity index (χ1v) is 7.20. The van der Waals surface area contributed by atoms with Gasteiger partial charge in [0.25, 0.3) is 5.91 Å². The number of rotatable bonds is 5. The summed E-state index contributed by atoms with van der Waals surface area (Å²) in [6, 6.07) is 1.52. The third kappa shape index (κ3) is 3.85.